The minimum atomic E-state index is -3.30. The molecule has 0 N–H and O–H groups in total. The second kappa shape index (κ2) is 6.71. The summed E-state index contributed by atoms with van der Waals surface area (Å²) in [6.07, 6.45) is 3.80. The third-order valence-electron chi connectivity index (χ3n) is 5.22. The second-order valence-electron chi connectivity index (χ2n) is 6.88. The molecule has 2 heterocycles. The van der Waals surface area contributed by atoms with Crippen LogP contribution in [0.2, 0.25) is 0 Å². The molecule has 0 spiro atoms. The molecular weight excluding hydrogens is 332 g/mol. The molecule has 2 aliphatic heterocycles. The third kappa shape index (κ3) is 3.38. The standard InChI is InChI=1S/C20H24N2O2S/c23-25(24,15-11-17-6-2-1-3-7-17)22-14-10-18-8-9-19(16-20(18)22)21-12-4-5-13-21/h1-3,6-9,16H,4-5,10-15H2. The number of aryl methyl sites for hydroxylation is 1. The van der Waals surface area contributed by atoms with Crippen molar-refractivity contribution in [2.45, 2.75) is 25.7 Å². The number of fused-ring (bicyclic) bond motifs is 1. The SMILES string of the molecule is O=S(=O)(CCc1ccccc1)N1CCc2ccc(N3CCCC3)cc21. The van der Waals surface area contributed by atoms with Crippen LogP contribution in [0.5, 0.6) is 0 Å². The van der Waals surface area contributed by atoms with Gasteiger partial charge in [0.15, 0.2) is 0 Å². The van der Waals surface area contributed by atoms with Gasteiger partial charge < -0.3 is 4.90 Å². The van der Waals surface area contributed by atoms with Crippen molar-refractivity contribution in [2.75, 3.05) is 34.6 Å². The monoisotopic (exact) mass is 356 g/mol. The van der Waals surface area contributed by atoms with Crippen molar-refractivity contribution in [3.8, 4) is 0 Å². The van der Waals surface area contributed by atoms with Crippen LogP contribution in [0.4, 0.5) is 11.4 Å². The minimum absolute atomic E-state index is 0.157. The first-order valence-corrected chi connectivity index (χ1v) is 10.7. The van der Waals surface area contributed by atoms with Crippen molar-refractivity contribution in [3.05, 3.63) is 59.7 Å². The van der Waals surface area contributed by atoms with Gasteiger partial charge in [0, 0.05) is 25.3 Å². The van der Waals surface area contributed by atoms with E-state index in [2.05, 4.69) is 23.1 Å². The molecule has 1 saturated heterocycles. The molecule has 25 heavy (non-hydrogen) atoms. The molecule has 2 aromatic carbocycles. The molecule has 2 aromatic rings. The van der Waals surface area contributed by atoms with E-state index in [1.807, 2.05) is 30.3 Å². The Bertz CT molecular complexity index is 843. The Morgan fingerprint density at radius 2 is 1.68 bits per heavy atom. The molecule has 0 aliphatic carbocycles. The van der Waals surface area contributed by atoms with Crippen molar-refractivity contribution in [3.63, 3.8) is 0 Å². The first-order valence-electron chi connectivity index (χ1n) is 9.06. The summed E-state index contributed by atoms with van der Waals surface area (Å²) in [6.45, 7) is 2.70. The van der Waals surface area contributed by atoms with Gasteiger partial charge in [0.2, 0.25) is 10.0 Å². The zero-order chi connectivity index (χ0) is 17.3. The maximum atomic E-state index is 12.9. The molecule has 0 radical (unpaired) electrons. The van der Waals surface area contributed by atoms with Gasteiger partial charge in [0.05, 0.1) is 11.4 Å². The summed E-state index contributed by atoms with van der Waals surface area (Å²) in [7, 11) is -3.30. The van der Waals surface area contributed by atoms with Gasteiger partial charge >= 0.3 is 0 Å². The lowest BCUT2D eigenvalue weighted by atomic mass is 10.1. The molecule has 1 fully saturated rings. The fourth-order valence-electron chi connectivity index (χ4n) is 3.80. The minimum Gasteiger partial charge on any atom is -0.371 e. The largest absolute Gasteiger partial charge is 0.371 e. The van der Waals surface area contributed by atoms with Crippen molar-refractivity contribution in [1.29, 1.82) is 0 Å². The van der Waals surface area contributed by atoms with Crippen LogP contribution >= 0.6 is 0 Å². The van der Waals surface area contributed by atoms with Crippen LogP contribution in [0.15, 0.2) is 48.5 Å². The number of anilines is 2. The van der Waals surface area contributed by atoms with E-state index in [9.17, 15) is 8.42 Å². The Kier molecular flexibility index (Phi) is 4.42. The highest BCUT2D eigenvalue weighted by atomic mass is 32.2. The van der Waals surface area contributed by atoms with E-state index >= 15 is 0 Å². The quantitative estimate of drug-likeness (QED) is 0.826. The Hall–Kier alpha value is -2.01. The van der Waals surface area contributed by atoms with Gasteiger partial charge in [0.1, 0.15) is 0 Å². The van der Waals surface area contributed by atoms with Crippen LogP contribution < -0.4 is 9.21 Å². The van der Waals surface area contributed by atoms with Crippen LogP contribution in [0.3, 0.4) is 0 Å². The molecule has 4 nitrogen and oxygen atoms in total. The van der Waals surface area contributed by atoms with Gasteiger partial charge in [-0.2, -0.15) is 0 Å². The number of rotatable bonds is 5. The summed E-state index contributed by atoms with van der Waals surface area (Å²) in [6, 6.07) is 16.2. The average molecular weight is 356 g/mol. The summed E-state index contributed by atoms with van der Waals surface area (Å²) >= 11 is 0. The highest BCUT2D eigenvalue weighted by molar-refractivity contribution is 7.92. The fourth-order valence-corrected chi connectivity index (χ4v) is 5.35. The van der Waals surface area contributed by atoms with Crippen LogP contribution in [0.1, 0.15) is 24.0 Å². The number of hydrogen-bond donors (Lipinski definition) is 0. The van der Waals surface area contributed by atoms with Gasteiger partial charge in [0.25, 0.3) is 0 Å². The summed E-state index contributed by atoms with van der Waals surface area (Å²) in [4.78, 5) is 2.35. The lowest BCUT2D eigenvalue weighted by Gasteiger charge is -2.23. The van der Waals surface area contributed by atoms with E-state index in [0.29, 0.717) is 13.0 Å². The summed E-state index contributed by atoms with van der Waals surface area (Å²) in [5.41, 5.74) is 4.25. The molecule has 132 valence electrons. The third-order valence-corrected chi connectivity index (χ3v) is 6.99. The Morgan fingerprint density at radius 1 is 0.920 bits per heavy atom. The zero-order valence-corrected chi connectivity index (χ0v) is 15.2. The molecular formula is C20H24N2O2S. The normalized spacial score (nSPS) is 17.1. The van der Waals surface area contributed by atoms with E-state index in [-0.39, 0.29) is 5.75 Å². The maximum absolute atomic E-state index is 12.9. The van der Waals surface area contributed by atoms with Crippen molar-refractivity contribution in [2.24, 2.45) is 0 Å². The van der Waals surface area contributed by atoms with Crippen LogP contribution in [0.25, 0.3) is 0 Å². The van der Waals surface area contributed by atoms with Crippen LogP contribution in [-0.4, -0.2) is 33.8 Å². The van der Waals surface area contributed by atoms with Gasteiger partial charge in [-0.25, -0.2) is 8.42 Å². The molecule has 2 aliphatic rings. The molecule has 5 heteroatoms. The highest BCUT2D eigenvalue weighted by Crippen LogP contribution is 2.35. The molecule has 0 aromatic heterocycles. The van der Waals surface area contributed by atoms with Crippen molar-refractivity contribution >= 4 is 21.4 Å². The van der Waals surface area contributed by atoms with Gasteiger partial charge in [-0.1, -0.05) is 36.4 Å². The molecule has 0 amide bonds. The van der Waals surface area contributed by atoms with E-state index in [1.165, 1.54) is 12.8 Å². The summed E-state index contributed by atoms with van der Waals surface area (Å²) in [5, 5.41) is 0. The van der Waals surface area contributed by atoms with E-state index in [4.69, 9.17) is 0 Å². The summed E-state index contributed by atoms with van der Waals surface area (Å²) < 4.78 is 27.5. The predicted molar refractivity (Wildman–Crippen MR) is 103 cm³/mol. The van der Waals surface area contributed by atoms with E-state index in [0.717, 1.165) is 42.0 Å². The molecule has 0 atom stereocenters. The first kappa shape index (κ1) is 16.5. The second-order valence-corrected chi connectivity index (χ2v) is 8.89. The molecule has 0 saturated carbocycles. The van der Waals surface area contributed by atoms with Crippen molar-refractivity contribution < 1.29 is 8.42 Å². The van der Waals surface area contributed by atoms with Gasteiger partial charge in [-0.05, 0) is 48.9 Å². The smallest absolute Gasteiger partial charge is 0.235 e. The number of benzene rings is 2. The lowest BCUT2D eigenvalue weighted by Crippen LogP contribution is -2.32. The molecule has 0 bridgehead atoms. The molecule has 0 unspecified atom stereocenters. The van der Waals surface area contributed by atoms with Gasteiger partial charge in [-0.15, -0.1) is 0 Å². The first-order chi connectivity index (χ1) is 12.1. The Morgan fingerprint density at radius 3 is 2.44 bits per heavy atom. The van der Waals surface area contributed by atoms with Crippen molar-refractivity contribution in [1.82, 2.24) is 0 Å². The van der Waals surface area contributed by atoms with E-state index in [1.54, 1.807) is 4.31 Å². The van der Waals surface area contributed by atoms with Crippen LogP contribution in [-0.2, 0) is 22.9 Å². The molecule has 4 rings (SSSR count). The summed E-state index contributed by atoms with van der Waals surface area (Å²) in [5.74, 6) is 0.157. The average Bonchev–Trinajstić information content (AvgIpc) is 3.30. The van der Waals surface area contributed by atoms with E-state index < -0.39 is 10.0 Å². The predicted octanol–water partition coefficient (Wildman–Crippen LogP) is 3.22. The van der Waals surface area contributed by atoms with Gasteiger partial charge in [-0.3, -0.25) is 4.31 Å². The Balaban J connectivity index is 1.55. The highest BCUT2D eigenvalue weighted by Gasteiger charge is 2.30. The number of hydrogen-bond acceptors (Lipinski definition) is 3. The fraction of sp³-hybridized carbons (Fsp3) is 0.400. The topological polar surface area (TPSA) is 40.6 Å². The maximum Gasteiger partial charge on any atom is 0.235 e. The number of sulfonamides is 1. The van der Waals surface area contributed by atoms with Crippen LogP contribution in [0, 0.1) is 0 Å². The number of nitrogens with zero attached hydrogens (tertiary/aromatic N) is 2. The Labute approximate surface area is 150 Å². The zero-order valence-electron chi connectivity index (χ0n) is 14.4. The lowest BCUT2D eigenvalue weighted by molar-refractivity contribution is 0.591.